The number of nitrogens with zero attached hydrogens (tertiary/aromatic N) is 2. The van der Waals surface area contributed by atoms with E-state index in [4.69, 9.17) is 5.11 Å². The molecule has 15 heavy (non-hydrogen) atoms. The second-order valence-electron chi connectivity index (χ2n) is 3.58. The highest BCUT2D eigenvalue weighted by Gasteiger charge is 2.17. The maximum Gasteiger partial charge on any atom is 0.338 e. The van der Waals surface area contributed by atoms with Crippen molar-refractivity contribution in [2.24, 2.45) is 0 Å². The highest BCUT2D eigenvalue weighted by atomic mass is 32.2. The SMILES string of the molecule is O=C(O)c1cnc(SC2CCCC2)nc1. The summed E-state index contributed by atoms with van der Waals surface area (Å²) in [6.45, 7) is 0. The molecule has 0 atom stereocenters. The van der Waals surface area contributed by atoms with Crippen LogP contribution in [0.5, 0.6) is 0 Å². The number of thioether (sulfide) groups is 1. The van der Waals surface area contributed by atoms with E-state index in [0.717, 1.165) is 0 Å². The van der Waals surface area contributed by atoms with E-state index in [2.05, 4.69) is 9.97 Å². The zero-order valence-corrected chi connectivity index (χ0v) is 9.04. The van der Waals surface area contributed by atoms with Crippen LogP contribution in [0.25, 0.3) is 0 Å². The summed E-state index contributed by atoms with van der Waals surface area (Å²) < 4.78 is 0. The lowest BCUT2D eigenvalue weighted by Gasteiger charge is -2.06. The van der Waals surface area contributed by atoms with Gasteiger partial charge in [0.2, 0.25) is 0 Å². The van der Waals surface area contributed by atoms with Crippen molar-refractivity contribution < 1.29 is 9.90 Å². The van der Waals surface area contributed by atoms with Gasteiger partial charge in [-0.05, 0) is 12.8 Å². The largest absolute Gasteiger partial charge is 0.478 e. The maximum absolute atomic E-state index is 10.6. The van der Waals surface area contributed by atoms with Crippen LogP contribution in [0.15, 0.2) is 17.6 Å². The van der Waals surface area contributed by atoms with Gasteiger partial charge in [0, 0.05) is 17.6 Å². The van der Waals surface area contributed by atoms with Crippen molar-refractivity contribution in [3.63, 3.8) is 0 Å². The summed E-state index contributed by atoms with van der Waals surface area (Å²) in [5, 5.41) is 9.97. The monoisotopic (exact) mass is 224 g/mol. The molecule has 0 unspecified atom stereocenters. The Morgan fingerprint density at radius 2 is 1.93 bits per heavy atom. The van der Waals surface area contributed by atoms with Crippen LogP contribution in [0.2, 0.25) is 0 Å². The summed E-state index contributed by atoms with van der Waals surface area (Å²) in [5.41, 5.74) is 0.144. The van der Waals surface area contributed by atoms with E-state index in [1.54, 1.807) is 11.8 Å². The summed E-state index contributed by atoms with van der Waals surface area (Å²) >= 11 is 1.66. The van der Waals surface area contributed by atoms with Gasteiger partial charge in [0.1, 0.15) is 0 Å². The lowest BCUT2D eigenvalue weighted by molar-refractivity contribution is 0.0695. The summed E-state index contributed by atoms with van der Waals surface area (Å²) in [4.78, 5) is 18.6. The molecule has 0 aromatic carbocycles. The Kier molecular flexibility index (Phi) is 3.20. The van der Waals surface area contributed by atoms with Gasteiger partial charge >= 0.3 is 5.97 Å². The molecule has 0 saturated heterocycles. The molecule has 5 heteroatoms. The summed E-state index contributed by atoms with van der Waals surface area (Å²) in [6.07, 6.45) is 7.73. The zero-order chi connectivity index (χ0) is 10.7. The van der Waals surface area contributed by atoms with Gasteiger partial charge in [0.05, 0.1) is 5.56 Å². The smallest absolute Gasteiger partial charge is 0.338 e. The Morgan fingerprint density at radius 1 is 1.33 bits per heavy atom. The summed E-state index contributed by atoms with van der Waals surface area (Å²) in [5.74, 6) is -0.979. The molecule has 1 N–H and O–H groups in total. The average Bonchev–Trinajstić information content (AvgIpc) is 2.71. The molecule has 0 amide bonds. The highest BCUT2D eigenvalue weighted by molar-refractivity contribution is 7.99. The lowest BCUT2D eigenvalue weighted by atomic mass is 10.4. The molecular formula is C10H12N2O2S. The average molecular weight is 224 g/mol. The summed E-state index contributed by atoms with van der Waals surface area (Å²) in [7, 11) is 0. The van der Waals surface area contributed by atoms with E-state index in [0.29, 0.717) is 10.4 Å². The Morgan fingerprint density at radius 3 is 2.47 bits per heavy atom. The van der Waals surface area contributed by atoms with E-state index >= 15 is 0 Å². The van der Waals surface area contributed by atoms with Crippen LogP contribution in [0, 0.1) is 0 Å². The van der Waals surface area contributed by atoms with Crippen LogP contribution in [-0.4, -0.2) is 26.3 Å². The first-order valence-corrected chi connectivity index (χ1v) is 5.85. The van der Waals surface area contributed by atoms with Crippen molar-refractivity contribution in [3.05, 3.63) is 18.0 Å². The predicted molar refractivity (Wildman–Crippen MR) is 57.1 cm³/mol. The molecule has 1 saturated carbocycles. The minimum absolute atomic E-state index is 0.144. The van der Waals surface area contributed by atoms with Crippen molar-refractivity contribution in [2.75, 3.05) is 0 Å². The molecule has 80 valence electrons. The Labute approximate surface area is 92.1 Å². The van der Waals surface area contributed by atoms with Gasteiger partial charge in [-0.2, -0.15) is 0 Å². The standard InChI is InChI=1S/C10H12N2O2S/c13-9(14)7-5-11-10(12-6-7)15-8-3-1-2-4-8/h5-6,8H,1-4H2,(H,13,14). The fourth-order valence-corrected chi connectivity index (χ4v) is 2.74. The molecule has 0 radical (unpaired) electrons. The number of rotatable bonds is 3. The Bertz CT molecular complexity index is 347. The molecule has 0 spiro atoms. The molecule has 2 rings (SSSR count). The molecule has 1 heterocycles. The second kappa shape index (κ2) is 4.61. The number of aromatic nitrogens is 2. The van der Waals surface area contributed by atoms with Gasteiger partial charge in [-0.3, -0.25) is 0 Å². The van der Waals surface area contributed by atoms with Gasteiger partial charge < -0.3 is 5.11 Å². The first-order chi connectivity index (χ1) is 7.25. The molecule has 4 nitrogen and oxygen atoms in total. The lowest BCUT2D eigenvalue weighted by Crippen LogP contribution is -2.01. The van der Waals surface area contributed by atoms with E-state index < -0.39 is 5.97 Å². The third-order valence-corrected chi connectivity index (χ3v) is 3.68. The van der Waals surface area contributed by atoms with Crippen molar-refractivity contribution in [3.8, 4) is 0 Å². The number of carboxylic acid groups (broad SMARTS) is 1. The minimum atomic E-state index is -0.979. The van der Waals surface area contributed by atoms with E-state index in [1.165, 1.54) is 38.1 Å². The topological polar surface area (TPSA) is 63.1 Å². The fraction of sp³-hybridized carbons (Fsp3) is 0.500. The second-order valence-corrected chi connectivity index (χ2v) is 4.85. The molecule has 0 bridgehead atoms. The first-order valence-electron chi connectivity index (χ1n) is 4.98. The van der Waals surface area contributed by atoms with Crippen molar-refractivity contribution in [1.82, 2.24) is 9.97 Å². The van der Waals surface area contributed by atoms with Crippen LogP contribution in [-0.2, 0) is 0 Å². The Balaban J connectivity index is 2.00. The molecule has 1 aliphatic rings. The molecule has 1 aliphatic carbocycles. The predicted octanol–water partition coefficient (Wildman–Crippen LogP) is 2.21. The molecular weight excluding hydrogens is 212 g/mol. The normalized spacial score (nSPS) is 16.8. The third-order valence-electron chi connectivity index (χ3n) is 2.45. The van der Waals surface area contributed by atoms with Gasteiger partial charge in [-0.25, -0.2) is 14.8 Å². The van der Waals surface area contributed by atoms with E-state index in [1.807, 2.05) is 0 Å². The first kappa shape index (κ1) is 10.4. The van der Waals surface area contributed by atoms with Gasteiger partial charge in [0.15, 0.2) is 5.16 Å². The van der Waals surface area contributed by atoms with Crippen molar-refractivity contribution in [1.29, 1.82) is 0 Å². The quantitative estimate of drug-likeness (QED) is 0.797. The number of aromatic carboxylic acids is 1. The molecule has 1 aromatic heterocycles. The minimum Gasteiger partial charge on any atom is -0.478 e. The van der Waals surface area contributed by atoms with E-state index in [9.17, 15) is 4.79 Å². The summed E-state index contributed by atoms with van der Waals surface area (Å²) in [6, 6.07) is 0. The molecule has 0 aliphatic heterocycles. The fourth-order valence-electron chi connectivity index (χ4n) is 1.64. The number of hydrogen-bond donors (Lipinski definition) is 1. The zero-order valence-electron chi connectivity index (χ0n) is 8.22. The third kappa shape index (κ3) is 2.68. The van der Waals surface area contributed by atoms with Crippen LogP contribution in [0.3, 0.4) is 0 Å². The van der Waals surface area contributed by atoms with Crippen LogP contribution >= 0.6 is 11.8 Å². The van der Waals surface area contributed by atoms with Crippen LogP contribution in [0.1, 0.15) is 36.0 Å². The van der Waals surface area contributed by atoms with Crippen molar-refractivity contribution >= 4 is 17.7 Å². The molecule has 1 fully saturated rings. The van der Waals surface area contributed by atoms with Crippen LogP contribution < -0.4 is 0 Å². The van der Waals surface area contributed by atoms with Gasteiger partial charge in [0.25, 0.3) is 0 Å². The van der Waals surface area contributed by atoms with E-state index in [-0.39, 0.29) is 5.56 Å². The van der Waals surface area contributed by atoms with Crippen LogP contribution in [0.4, 0.5) is 0 Å². The Hall–Kier alpha value is -1.10. The number of carboxylic acids is 1. The van der Waals surface area contributed by atoms with Gasteiger partial charge in [-0.15, -0.1) is 0 Å². The van der Waals surface area contributed by atoms with Crippen molar-refractivity contribution in [2.45, 2.75) is 36.1 Å². The number of hydrogen-bond acceptors (Lipinski definition) is 4. The molecule has 1 aromatic rings. The maximum atomic E-state index is 10.6. The number of carbonyl (C=O) groups is 1. The highest BCUT2D eigenvalue weighted by Crippen LogP contribution is 2.32. The van der Waals surface area contributed by atoms with Gasteiger partial charge in [-0.1, -0.05) is 24.6 Å².